The molecule has 0 saturated heterocycles. The van der Waals surface area contributed by atoms with E-state index in [0.29, 0.717) is 55.3 Å². The Hall–Kier alpha value is -3.82. The van der Waals surface area contributed by atoms with Crippen molar-refractivity contribution in [2.45, 2.75) is 62.9 Å². The Morgan fingerprint density at radius 3 is 2.86 bits per heavy atom. The number of rotatable bonds is 5. The number of hydrogen-bond acceptors (Lipinski definition) is 8. The molecule has 0 aromatic carbocycles. The third-order valence-electron chi connectivity index (χ3n) is 7.63. The van der Waals surface area contributed by atoms with E-state index in [0.717, 1.165) is 43.5 Å². The first-order valence-corrected chi connectivity index (χ1v) is 12.3. The van der Waals surface area contributed by atoms with Crippen molar-refractivity contribution in [3.63, 3.8) is 0 Å². The van der Waals surface area contributed by atoms with Gasteiger partial charge >= 0.3 is 0 Å². The number of aromatic nitrogens is 6. The van der Waals surface area contributed by atoms with Gasteiger partial charge in [-0.2, -0.15) is 0 Å². The van der Waals surface area contributed by atoms with Crippen molar-refractivity contribution in [2.75, 3.05) is 11.9 Å². The van der Waals surface area contributed by atoms with E-state index in [1.165, 1.54) is 5.57 Å². The van der Waals surface area contributed by atoms with E-state index >= 15 is 0 Å². The Kier molecular flexibility index (Phi) is 4.61. The van der Waals surface area contributed by atoms with Gasteiger partial charge in [-0.3, -0.25) is 4.79 Å². The molecule has 3 aromatic heterocycles. The van der Waals surface area contributed by atoms with E-state index < -0.39 is 5.41 Å². The molecule has 0 spiro atoms. The van der Waals surface area contributed by atoms with Crippen molar-refractivity contribution >= 4 is 11.9 Å². The van der Waals surface area contributed by atoms with Crippen molar-refractivity contribution in [1.29, 1.82) is 0 Å². The molecule has 7 rings (SSSR count). The molecule has 0 bridgehead atoms. The fourth-order valence-electron chi connectivity index (χ4n) is 5.51. The molecule has 4 heterocycles. The smallest absolute Gasteiger partial charge is 0.250 e. The summed E-state index contributed by atoms with van der Waals surface area (Å²) in [5.41, 5.74) is 4.98. The lowest BCUT2D eigenvalue weighted by Crippen LogP contribution is -2.42. The maximum absolute atomic E-state index is 13.4. The monoisotopic (exact) mass is 470 g/mol. The molecule has 1 atom stereocenters. The van der Waals surface area contributed by atoms with E-state index in [9.17, 15) is 4.79 Å². The Morgan fingerprint density at radius 2 is 2.03 bits per heavy atom. The second-order valence-electron chi connectivity index (χ2n) is 9.91. The van der Waals surface area contributed by atoms with E-state index in [2.05, 4.69) is 47.6 Å². The number of amides is 1. The number of anilines is 1. The SMILES string of the molecule is O=C(N1CCc2nc[nH]c2C1)C1(c2nnc(-c3cnc(NC4CC5=C(CCC=C5)C4)nc3)o2)CC1. The van der Waals surface area contributed by atoms with E-state index in [4.69, 9.17) is 4.42 Å². The molecule has 178 valence electrons. The van der Waals surface area contributed by atoms with Gasteiger partial charge in [-0.15, -0.1) is 10.2 Å². The van der Waals surface area contributed by atoms with Crippen LogP contribution in [-0.2, 0) is 23.2 Å². The lowest BCUT2D eigenvalue weighted by molar-refractivity contribution is -0.135. The fraction of sp³-hybridized carbons (Fsp3) is 0.440. The average molecular weight is 471 g/mol. The number of carbonyl (C=O) groups is 1. The van der Waals surface area contributed by atoms with Gasteiger partial charge in [0.1, 0.15) is 5.41 Å². The van der Waals surface area contributed by atoms with Crippen molar-refractivity contribution in [1.82, 2.24) is 35.0 Å². The predicted octanol–water partition coefficient (Wildman–Crippen LogP) is 3.09. The average Bonchev–Trinajstić information content (AvgIpc) is 3.23. The van der Waals surface area contributed by atoms with E-state index in [-0.39, 0.29) is 5.91 Å². The number of allylic oxidation sites excluding steroid dienone is 2. The van der Waals surface area contributed by atoms with Crippen molar-refractivity contribution < 1.29 is 9.21 Å². The molecule has 0 radical (unpaired) electrons. The molecule has 4 aliphatic rings. The first-order valence-electron chi connectivity index (χ1n) is 12.3. The number of hydrogen-bond donors (Lipinski definition) is 2. The van der Waals surface area contributed by atoms with Crippen LogP contribution < -0.4 is 5.32 Å². The maximum atomic E-state index is 13.4. The molecule has 10 heteroatoms. The van der Waals surface area contributed by atoms with Gasteiger partial charge in [-0.05, 0) is 44.1 Å². The number of aromatic amines is 1. The van der Waals surface area contributed by atoms with Crippen molar-refractivity contribution in [2.24, 2.45) is 0 Å². The number of nitrogens with one attached hydrogen (secondary N) is 2. The second-order valence-corrected chi connectivity index (χ2v) is 9.91. The molecule has 1 unspecified atom stereocenters. The molecule has 1 saturated carbocycles. The summed E-state index contributed by atoms with van der Waals surface area (Å²) in [5, 5.41) is 11.9. The third kappa shape index (κ3) is 3.55. The molecular formula is C25H26N8O2. The summed E-state index contributed by atoms with van der Waals surface area (Å²) in [7, 11) is 0. The summed E-state index contributed by atoms with van der Waals surface area (Å²) < 4.78 is 6.00. The van der Waals surface area contributed by atoms with Crippen molar-refractivity contribution in [3.05, 3.63) is 59.3 Å². The number of nitrogens with zero attached hydrogens (tertiary/aromatic N) is 6. The summed E-state index contributed by atoms with van der Waals surface area (Å²) in [6.07, 6.45) is 16.1. The Bertz CT molecular complexity index is 1350. The largest absolute Gasteiger partial charge is 0.419 e. The van der Waals surface area contributed by atoms with Crippen LogP contribution in [0.25, 0.3) is 11.5 Å². The second kappa shape index (κ2) is 7.86. The summed E-state index contributed by atoms with van der Waals surface area (Å²) >= 11 is 0. The van der Waals surface area contributed by atoms with Crippen LogP contribution in [0, 0.1) is 0 Å². The highest BCUT2D eigenvalue weighted by Crippen LogP contribution is 2.50. The van der Waals surface area contributed by atoms with E-state index in [1.807, 2.05) is 4.90 Å². The van der Waals surface area contributed by atoms with Crippen LogP contribution in [0.5, 0.6) is 0 Å². The zero-order chi connectivity index (χ0) is 23.4. The van der Waals surface area contributed by atoms with Crippen molar-refractivity contribution in [3.8, 4) is 11.5 Å². The Labute approximate surface area is 202 Å². The fourth-order valence-corrected chi connectivity index (χ4v) is 5.51. The molecule has 3 aliphatic carbocycles. The van der Waals surface area contributed by atoms with Crippen LogP contribution in [-0.4, -0.2) is 53.5 Å². The highest BCUT2D eigenvalue weighted by atomic mass is 16.4. The predicted molar refractivity (Wildman–Crippen MR) is 126 cm³/mol. The van der Waals surface area contributed by atoms with Gasteiger partial charge in [-0.1, -0.05) is 17.7 Å². The first-order chi connectivity index (χ1) is 17.2. The van der Waals surface area contributed by atoms with Crippen LogP contribution in [0.4, 0.5) is 5.95 Å². The third-order valence-corrected chi connectivity index (χ3v) is 7.63. The molecule has 3 aromatic rings. The van der Waals surface area contributed by atoms with Crippen LogP contribution in [0.15, 0.2) is 46.4 Å². The van der Waals surface area contributed by atoms with Gasteiger partial charge < -0.3 is 19.6 Å². The van der Waals surface area contributed by atoms with Crippen LogP contribution in [0.2, 0.25) is 0 Å². The van der Waals surface area contributed by atoms with Gasteiger partial charge in [0.25, 0.3) is 5.89 Å². The molecule has 1 fully saturated rings. The molecule has 10 nitrogen and oxygen atoms in total. The lowest BCUT2D eigenvalue weighted by atomic mass is 10.0. The van der Waals surface area contributed by atoms with Gasteiger partial charge in [0, 0.05) is 31.4 Å². The normalized spacial score (nSPS) is 22.2. The zero-order valence-electron chi connectivity index (χ0n) is 19.3. The number of fused-ring (bicyclic) bond motifs is 1. The molecule has 35 heavy (non-hydrogen) atoms. The van der Waals surface area contributed by atoms with Gasteiger partial charge in [0.05, 0.1) is 29.8 Å². The van der Waals surface area contributed by atoms with Crippen LogP contribution >= 0.6 is 0 Å². The van der Waals surface area contributed by atoms with Gasteiger partial charge in [0.15, 0.2) is 0 Å². The summed E-state index contributed by atoms with van der Waals surface area (Å²) in [6, 6.07) is 0.331. The van der Waals surface area contributed by atoms with Crippen LogP contribution in [0.3, 0.4) is 0 Å². The standard InChI is InChI=1S/C25H26N8O2/c34-23(33-8-5-19-20(13-33)29-14-28-19)25(6-7-25)22-32-31-21(35-22)17-11-26-24(27-12-17)30-18-9-15-3-1-2-4-16(15)10-18/h1,3,11-12,14,18H,2,4-10,13H2,(H,28,29)(H,26,27,30). The topological polar surface area (TPSA) is 126 Å². The summed E-state index contributed by atoms with van der Waals surface area (Å²) in [6.45, 7) is 1.19. The lowest BCUT2D eigenvalue weighted by Gasteiger charge is -2.28. The molecule has 1 aliphatic heterocycles. The molecular weight excluding hydrogens is 444 g/mol. The minimum atomic E-state index is -0.714. The van der Waals surface area contributed by atoms with Gasteiger partial charge in [0.2, 0.25) is 17.7 Å². The number of carbonyl (C=O) groups excluding carboxylic acids is 1. The summed E-state index contributed by atoms with van der Waals surface area (Å²) in [4.78, 5) is 31.7. The zero-order valence-corrected chi connectivity index (χ0v) is 19.3. The minimum Gasteiger partial charge on any atom is -0.419 e. The Morgan fingerprint density at radius 1 is 1.14 bits per heavy atom. The van der Waals surface area contributed by atoms with Gasteiger partial charge in [-0.25, -0.2) is 15.0 Å². The number of imidazole rings is 1. The maximum Gasteiger partial charge on any atom is 0.250 e. The summed E-state index contributed by atoms with van der Waals surface area (Å²) in [5.74, 6) is 1.36. The number of H-pyrrole nitrogens is 1. The first kappa shape index (κ1) is 20.5. The quantitative estimate of drug-likeness (QED) is 0.583. The van der Waals surface area contributed by atoms with E-state index in [1.54, 1.807) is 24.3 Å². The molecule has 2 N–H and O–H groups in total. The van der Waals surface area contributed by atoms with Crippen LogP contribution in [0.1, 0.15) is 55.8 Å². The highest BCUT2D eigenvalue weighted by molar-refractivity contribution is 5.90. The minimum absolute atomic E-state index is 0.0477. The molecule has 1 amide bonds. The Balaban J connectivity index is 1.03. The highest BCUT2D eigenvalue weighted by Gasteiger charge is 2.57.